The van der Waals surface area contributed by atoms with Gasteiger partial charge in [0.15, 0.2) is 11.5 Å². The van der Waals surface area contributed by atoms with Crippen molar-refractivity contribution in [2.45, 2.75) is 50.7 Å². The van der Waals surface area contributed by atoms with Crippen LogP contribution in [0.25, 0.3) is 22.4 Å². The number of rotatable bonds is 7. The Morgan fingerprint density at radius 2 is 1.81 bits per heavy atom. The molecule has 0 spiro atoms. The Kier molecular flexibility index (Phi) is 7.07. The number of aromatic nitrogens is 4. The van der Waals surface area contributed by atoms with Crippen molar-refractivity contribution in [3.63, 3.8) is 0 Å². The zero-order valence-electron chi connectivity index (χ0n) is 20.7. The largest absolute Gasteiger partial charge is 0.474 e. The van der Waals surface area contributed by atoms with Gasteiger partial charge in [-0.2, -0.15) is 15.3 Å². The average molecular weight is 500 g/mol. The topological polar surface area (TPSA) is 103 Å². The molecular weight excluding hydrogens is 470 g/mol. The number of ether oxygens (including phenoxy) is 1. The van der Waals surface area contributed by atoms with Crippen molar-refractivity contribution in [1.29, 1.82) is 5.26 Å². The molecule has 0 unspecified atom stereocenters. The van der Waals surface area contributed by atoms with Crippen molar-refractivity contribution in [3.8, 4) is 23.3 Å². The first-order valence-electron chi connectivity index (χ1n) is 12.2. The number of hydrogen-bond acceptors (Lipinski definition) is 8. The number of aromatic amines is 1. The molecule has 9 heteroatoms. The smallest absolute Gasteiger partial charge is 0.228 e. The van der Waals surface area contributed by atoms with Crippen molar-refractivity contribution in [3.05, 3.63) is 59.8 Å². The van der Waals surface area contributed by atoms with Crippen molar-refractivity contribution in [2.24, 2.45) is 0 Å². The molecule has 0 bridgehead atoms. The summed E-state index contributed by atoms with van der Waals surface area (Å²) < 4.78 is 9.79. The Hall–Kier alpha value is -3.61. The van der Waals surface area contributed by atoms with E-state index in [-0.39, 0.29) is 6.10 Å². The second-order valence-corrected chi connectivity index (χ2v) is 10.1. The molecule has 2 aromatic carbocycles. The maximum absolute atomic E-state index is 8.94. The van der Waals surface area contributed by atoms with Gasteiger partial charge in [-0.25, -0.2) is 4.98 Å². The molecule has 2 aromatic heterocycles. The summed E-state index contributed by atoms with van der Waals surface area (Å²) in [5.41, 5.74) is 4.03. The second kappa shape index (κ2) is 10.6. The second-order valence-electron chi connectivity index (χ2n) is 9.26. The monoisotopic (exact) mass is 499 g/mol. The van der Waals surface area contributed by atoms with Gasteiger partial charge in [-0.15, -0.1) is 0 Å². The zero-order valence-corrected chi connectivity index (χ0v) is 21.5. The summed E-state index contributed by atoms with van der Waals surface area (Å²) in [5, 5.41) is 17.2. The number of fused-ring (bicyclic) bond motifs is 1. The Bertz CT molecular complexity index is 1370. The number of nitrogens with zero attached hydrogens (tertiary/aromatic N) is 5. The molecule has 0 amide bonds. The van der Waals surface area contributed by atoms with E-state index in [9.17, 15) is 0 Å². The summed E-state index contributed by atoms with van der Waals surface area (Å²) in [6.07, 6.45) is 2.09. The van der Waals surface area contributed by atoms with Crippen LogP contribution >= 0.6 is 11.9 Å². The molecule has 1 aliphatic heterocycles. The number of likely N-dealkylation sites (tertiary alicyclic amines) is 1. The van der Waals surface area contributed by atoms with E-state index in [0.29, 0.717) is 29.0 Å². The molecule has 0 atom stereocenters. The molecule has 4 aromatic rings. The summed E-state index contributed by atoms with van der Waals surface area (Å²) in [5.74, 6) is 1.19. The van der Waals surface area contributed by atoms with Crippen molar-refractivity contribution < 1.29 is 4.74 Å². The lowest BCUT2D eigenvalue weighted by molar-refractivity contribution is 0.0824. The van der Waals surface area contributed by atoms with E-state index < -0.39 is 0 Å². The van der Waals surface area contributed by atoms with E-state index in [0.717, 1.165) is 53.2 Å². The van der Waals surface area contributed by atoms with Gasteiger partial charge < -0.3 is 14.4 Å². The molecule has 0 aliphatic carbocycles. The maximum Gasteiger partial charge on any atom is 0.228 e. The number of piperidine rings is 1. The van der Waals surface area contributed by atoms with E-state index in [1.54, 1.807) is 0 Å². The maximum atomic E-state index is 8.94. The van der Waals surface area contributed by atoms with E-state index in [2.05, 4.69) is 39.7 Å². The minimum Gasteiger partial charge on any atom is -0.474 e. The van der Waals surface area contributed by atoms with Gasteiger partial charge in [0.05, 0.1) is 11.6 Å². The van der Waals surface area contributed by atoms with Crippen LogP contribution in [0.5, 0.6) is 5.88 Å². The van der Waals surface area contributed by atoms with E-state index in [1.807, 2.05) is 55.5 Å². The highest BCUT2D eigenvalue weighted by Crippen LogP contribution is 2.31. The number of hydrogen-bond donors (Lipinski definition) is 2. The van der Waals surface area contributed by atoms with Crippen LogP contribution in [0.15, 0.2) is 53.4 Å². The van der Waals surface area contributed by atoms with E-state index >= 15 is 0 Å². The number of nitriles is 1. The summed E-state index contributed by atoms with van der Waals surface area (Å²) in [6.45, 7) is 8.51. The van der Waals surface area contributed by atoms with Crippen LogP contribution in [0.1, 0.15) is 37.9 Å². The number of benzene rings is 2. The molecule has 184 valence electrons. The van der Waals surface area contributed by atoms with Gasteiger partial charge in [0.25, 0.3) is 0 Å². The third-order valence-corrected chi connectivity index (χ3v) is 7.31. The minimum absolute atomic E-state index is 0.131. The first-order valence-corrected chi connectivity index (χ1v) is 13.0. The van der Waals surface area contributed by atoms with Crippen LogP contribution in [0.2, 0.25) is 0 Å². The molecule has 36 heavy (non-hydrogen) atoms. The predicted molar refractivity (Wildman–Crippen MR) is 143 cm³/mol. The highest BCUT2D eigenvalue weighted by Gasteiger charge is 2.24. The van der Waals surface area contributed by atoms with Gasteiger partial charge in [-0.1, -0.05) is 0 Å². The molecule has 1 fully saturated rings. The Labute approximate surface area is 215 Å². The van der Waals surface area contributed by atoms with Gasteiger partial charge in [-0.3, -0.25) is 5.10 Å². The predicted octanol–water partition coefficient (Wildman–Crippen LogP) is 5.57. The summed E-state index contributed by atoms with van der Waals surface area (Å²) in [7, 11) is 0. The third kappa shape index (κ3) is 5.30. The quantitative estimate of drug-likeness (QED) is 0.318. The van der Waals surface area contributed by atoms with Crippen LogP contribution in [0.4, 0.5) is 5.69 Å². The van der Waals surface area contributed by atoms with Gasteiger partial charge in [0.1, 0.15) is 11.5 Å². The first kappa shape index (κ1) is 24.1. The molecule has 0 saturated carbocycles. The molecule has 8 nitrogen and oxygen atoms in total. The van der Waals surface area contributed by atoms with E-state index in [4.69, 9.17) is 20.0 Å². The highest BCUT2D eigenvalue weighted by atomic mass is 32.2. The fourth-order valence-electron chi connectivity index (χ4n) is 4.32. The molecule has 0 radical (unpaired) electrons. The Morgan fingerprint density at radius 3 is 2.47 bits per heavy atom. The number of anilines is 1. The summed E-state index contributed by atoms with van der Waals surface area (Å²) in [4.78, 5) is 13.0. The molecule has 1 aliphatic rings. The van der Waals surface area contributed by atoms with Gasteiger partial charge in [0.2, 0.25) is 5.88 Å². The van der Waals surface area contributed by atoms with Crippen LogP contribution in [-0.2, 0) is 0 Å². The standard InChI is InChI=1S/C27H29N7OS/c1-17(2)34-14-12-22(13-15-34)35-27-24-18(3)31-32-26(24)29-25(30-27)20-6-8-21(9-7-20)33-36-23-10-4-19(16-28)5-11-23/h4-11,17,22,33H,12-15H2,1-3H3,(H,29,30,31,32). The molecular formula is C27H29N7OS. The fourth-order valence-corrected chi connectivity index (χ4v) is 4.96. The van der Waals surface area contributed by atoms with Crippen LogP contribution in [0, 0.1) is 18.3 Å². The summed E-state index contributed by atoms with van der Waals surface area (Å²) in [6, 6.07) is 18.1. The molecule has 3 heterocycles. The van der Waals surface area contributed by atoms with Crippen molar-refractivity contribution in [1.82, 2.24) is 25.1 Å². The fraction of sp³-hybridized carbons (Fsp3) is 0.333. The Balaban J connectivity index is 1.32. The van der Waals surface area contributed by atoms with Crippen LogP contribution < -0.4 is 9.46 Å². The van der Waals surface area contributed by atoms with Crippen molar-refractivity contribution >= 4 is 28.7 Å². The highest BCUT2D eigenvalue weighted by molar-refractivity contribution is 8.00. The Morgan fingerprint density at radius 1 is 1.08 bits per heavy atom. The lowest BCUT2D eigenvalue weighted by Crippen LogP contribution is -2.41. The summed E-state index contributed by atoms with van der Waals surface area (Å²) >= 11 is 1.49. The van der Waals surface area contributed by atoms with E-state index in [1.165, 1.54) is 11.9 Å². The molecule has 2 N–H and O–H groups in total. The average Bonchev–Trinajstić information content (AvgIpc) is 3.29. The zero-order chi connectivity index (χ0) is 25.1. The van der Waals surface area contributed by atoms with Gasteiger partial charge in [0, 0.05) is 41.0 Å². The van der Waals surface area contributed by atoms with Gasteiger partial charge in [-0.05, 0) is 94.1 Å². The van der Waals surface area contributed by atoms with Crippen molar-refractivity contribution in [2.75, 3.05) is 17.8 Å². The number of H-pyrrole nitrogens is 1. The lowest BCUT2D eigenvalue weighted by Gasteiger charge is -2.34. The SMILES string of the molecule is Cc1[nH]nc2nc(-c3ccc(NSc4ccc(C#N)cc4)cc3)nc(OC3CCN(C(C)C)CC3)c12. The normalized spacial score (nSPS) is 14.8. The molecule has 1 saturated heterocycles. The van der Waals surface area contributed by atoms with Gasteiger partial charge >= 0.3 is 0 Å². The third-order valence-electron chi connectivity index (χ3n) is 6.46. The molecule has 5 rings (SSSR count). The first-order chi connectivity index (χ1) is 17.5. The minimum atomic E-state index is 0.131. The van der Waals surface area contributed by atoms with Crippen LogP contribution in [-0.4, -0.2) is 50.3 Å². The van der Waals surface area contributed by atoms with Crippen LogP contribution in [0.3, 0.4) is 0 Å². The lowest BCUT2D eigenvalue weighted by atomic mass is 10.1. The number of aryl methyl sites for hydroxylation is 1. The number of nitrogens with one attached hydrogen (secondary N) is 2.